The zero-order chi connectivity index (χ0) is 30.0. The van der Waals surface area contributed by atoms with E-state index in [4.69, 9.17) is 11.6 Å². The fourth-order valence-electron chi connectivity index (χ4n) is 4.58. The minimum absolute atomic E-state index is 0.0707. The molecule has 0 unspecified atom stereocenters. The molecule has 9 heteroatoms. The van der Waals surface area contributed by atoms with Gasteiger partial charge in [0.2, 0.25) is 21.8 Å². The van der Waals surface area contributed by atoms with Crippen LogP contribution in [0.3, 0.4) is 0 Å². The van der Waals surface area contributed by atoms with Gasteiger partial charge in [-0.15, -0.1) is 0 Å². The third-order valence-electron chi connectivity index (χ3n) is 6.81. The van der Waals surface area contributed by atoms with Crippen molar-refractivity contribution < 1.29 is 18.0 Å². The zero-order valence-electron chi connectivity index (χ0n) is 24.2. The molecule has 0 spiro atoms. The maximum atomic E-state index is 13.9. The molecule has 41 heavy (non-hydrogen) atoms. The van der Waals surface area contributed by atoms with Gasteiger partial charge >= 0.3 is 0 Å². The summed E-state index contributed by atoms with van der Waals surface area (Å²) in [5, 5.41) is 3.45. The summed E-state index contributed by atoms with van der Waals surface area (Å²) in [5.74, 6) is -0.167. The number of rotatable bonds is 14. The molecule has 0 saturated heterocycles. The molecule has 0 bridgehead atoms. The molecule has 0 aromatic heterocycles. The summed E-state index contributed by atoms with van der Waals surface area (Å²) < 4.78 is 26.4. The van der Waals surface area contributed by atoms with Crippen molar-refractivity contribution in [2.75, 3.05) is 23.7 Å². The predicted octanol–water partition coefficient (Wildman–Crippen LogP) is 5.61. The molecule has 0 aliphatic heterocycles. The summed E-state index contributed by atoms with van der Waals surface area (Å²) in [6.07, 6.45) is 1.84. The van der Waals surface area contributed by atoms with Crippen molar-refractivity contribution in [1.82, 2.24) is 10.2 Å². The van der Waals surface area contributed by atoms with Crippen molar-refractivity contribution in [1.29, 1.82) is 0 Å². The second-order valence-corrected chi connectivity index (χ2v) is 13.1. The Balaban J connectivity index is 1.89. The van der Waals surface area contributed by atoms with Gasteiger partial charge in [0.25, 0.3) is 0 Å². The van der Waals surface area contributed by atoms with E-state index < -0.39 is 16.1 Å². The highest BCUT2D eigenvalue weighted by molar-refractivity contribution is 7.92. The van der Waals surface area contributed by atoms with Gasteiger partial charge in [0.05, 0.1) is 11.9 Å². The molecule has 0 aliphatic rings. The molecule has 0 radical (unpaired) electrons. The van der Waals surface area contributed by atoms with Crippen LogP contribution in [0.25, 0.3) is 0 Å². The predicted molar refractivity (Wildman–Crippen MR) is 166 cm³/mol. The quantitative estimate of drug-likeness (QED) is 0.262. The topological polar surface area (TPSA) is 86.8 Å². The highest BCUT2D eigenvalue weighted by Gasteiger charge is 2.31. The smallest absolute Gasteiger partial charge is 0.243 e. The van der Waals surface area contributed by atoms with E-state index in [0.29, 0.717) is 23.7 Å². The standard InChI is InChI=1S/C32H40ClN3O4S/c1-24(2)22-34-32(38)30(20-26-13-6-5-7-14-26)35(23-27-15-9-8-12-25(27)3)31(37)18-11-19-36(41(4,39)40)29-17-10-16-28(33)21-29/h5-10,12-17,21,24,30H,11,18-20,22-23H2,1-4H3,(H,34,38)/t30-/m0/s1. The molecule has 1 atom stereocenters. The Hall–Kier alpha value is -3.36. The first kappa shape index (κ1) is 32.2. The number of carbonyl (C=O) groups is 2. The lowest BCUT2D eigenvalue weighted by atomic mass is 10.0. The number of benzene rings is 3. The first-order valence-electron chi connectivity index (χ1n) is 13.8. The lowest BCUT2D eigenvalue weighted by Gasteiger charge is -2.32. The molecule has 3 rings (SSSR count). The van der Waals surface area contributed by atoms with Crippen LogP contribution in [-0.4, -0.2) is 50.5 Å². The van der Waals surface area contributed by atoms with Gasteiger partial charge in [-0.3, -0.25) is 13.9 Å². The van der Waals surface area contributed by atoms with Gasteiger partial charge in [-0.1, -0.05) is 86.1 Å². The van der Waals surface area contributed by atoms with E-state index in [1.165, 1.54) is 4.31 Å². The number of hydrogen-bond donors (Lipinski definition) is 1. The molecule has 3 aromatic rings. The summed E-state index contributed by atoms with van der Waals surface area (Å²) in [6.45, 7) is 6.90. The van der Waals surface area contributed by atoms with Gasteiger partial charge in [0.15, 0.2) is 0 Å². The van der Waals surface area contributed by atoms with Crippen molar-refractivity contribution in [3.63, 3.8) is 0 Å². The average molecular weight is 598 g/mol. The molecule has 0 fully saturated rings. The van der Waals surface area contributed by atoms with Crippen LogP contribution < -0.4 is 9.62 Å². The monoisotopic (exact) mass is 597 g/mol. The first-order chi connectivity index (χ1) is 19.5. The highest BCUT2D eigenvalue weighted by atomic mass is 35.5. The molecular weight excluding hydrogens is 558 g/mol. The summed E-state index contributed by atoms with van der Waals surface area (Å²) in [6, 6.07) is 23.4. The Morgan fingerprint density at radius 3 is 2.27 bits per heavy atom. The van der Waals surface area contributed by atoms with E-state index in [2.05, 4.69) is 5.32 Å². The Morgan fingerprint density at radius 2 is 1.63 bits per heavy atom. The van der Waals surface area contributed by atoms with Crippen LogP contribution in [0.4, 0.5) is 5.69 Å². The van der Waals surface area contributed by atoms with Gasteiger partial charge in [-0.25, -0.2) is 8.42 Å². The van der Waals surface area contributed by atoms with Crippen molar-refractivity contribution >= 4 is 39.1 Å². The van der Waals surface area contributed by atoms with Crippen LogP contribution in [0, 0.1) is 12.8 Å². The van der Waals surface area contributed by atoms with E-state index in [1.807, 2.05) is 75.4 Å². The van der Waals surface area contributed by atoms with E-state index >= 15 is 0 Å². The van der Waals surface area contributed by atoms with Crippen LogP contribution in [-0.2, 0) is 32.6 Å². The Labute approximate surface area is 249 Å². The fourth-order valence-corrected chi connectivity index (χ4v) is 5.72. The lowest BCUT2D eigenvalue weighted by molar-refractivity contribution is -0.141. The van der Waals surface area contributed by atoms with Crippen molar-refractivity contribution in [2.24, 2.45) is 5.92 Å². The number of hydrogen-bond acceptors (Lipinski definition) is 4. The number of nitrogens with one attached hydrogen (secondary N) is 1. The number of halogens is 1. The minimum atomic E-state index is -3.61. The molecule has 0 saturated carbocycles. The third kappa shape index (κ3) is 9.90. The van der Waals surface area contributed by atoms with Crippen LogP contribution in [0.1, 0.15) is 43.4 Å². The number of amides is 2. The first-order valence-corrected chi connectivity index (χ1v) is 16.1. The Morgan fingerprint density at radius 1 is 0.951 bits per heavy atom. The molecule has 0 heterocycles. The Bertz CT molecular complexity index is 1410. The van der Waals surface area contributed by atoms with E-state index in [1.54, 1.807) is 29.2 Å². The molecule has 220 valence electrons. The van der Waals surface area contributed by atoms with Gasteiger partial charge in [0.1, 0.15) is 6.04 Å². The highest BCUT2D eigenvalue weighted by Crippen LogP contribution is 2.23. The molecule has 2 amide bonds. The van der Waals surface area contributed by atoms with E-state index in [-0.39, 0.29) is 43.7 Å². The molecule has 7 nitrogen and oxygen atoms in total. The largest absolute Gasteiger partial charge is 0.354 e. The Kier molecular flexibility index (Phi) is 11.8. The zero-order valence-corrected chi connectivity index (χ0v) is 25.8. The lowest BCUT2D eigenvalue weighted by Crippen LogP contribution is -2.51. The van der Waals surface area contributed by atoms with Crippen molar-refractivity contribution in [3.05, 3.63) is 101 Å². The van der Waals surface area contributed by atoms with E-state index in [0.717, 1.165) is 22.9 Å². The summed E-state index contributed by atoms with van der Waals surface area (Å²) in [7, 11) is -3.61. The maximum absolute atomic E-state index is 13.9. The second-order valence-electron chi connectivity index (χ2n) is 10.7. The number of sulfonamides is 1. The summed E-state index contributed by atoms with van der Waals surface area (Å²) >= 11 is 6.11. The normalized spacial score (nSPS) is 12.1. The minimum Gasteiger partial charge on any atom is -0.354 e. The second kappa shape index (κ2) is 15.0. The molecule has 0 aliphatic carbocycles. The summed E-state index contributed by atoms with van der Waals surface area (Å²) in [4.78, 5) is 29.2. The number of aryl methyl sites for hydroxylation is 1. The van der Waals surface area contributed by atoms with Gasteiger partial charge in [0, 0.05) is 37.5 Å². The van der Waals surface area contributed by atoms with E-state index in [9.17, 15) is 18.0 Å². The van der Waals surface area contributed by atoms with Gasteiger partial charge < -0.3 is 10.2 Å². The third-order valence-corrected chi connectivity index (χ3v) is 8.24. The van der Waals surface area contributed by atoms with Crippen molar-refractivity contribution in [3.8, 4) is 0 Å². The maximum Gasteiger partial charge on any atom is 0.243 e. The SMILES string of the molecule is Cc1ccccc1CN(C(=O)CCCN(c1cccc(Cl)c1)S(C)(=O)=O)[C@@H](Cc1ccccc1)C(=O)NCC(C)C. The van der Waals surface area contributed by atoms with Crippen LogP contribution in [0.5, 0.6) is 0 Å². The van der Waals surface area contributed by atoms with Crippen LogP contribution in [0.15, 0.2) is 78.9 Å². The summed E-state index contributed by atoms with van der Waals surface area (Å²) in [5.41, 5.74) is 3.37. The number of carbonyl (C=O) groups excluding carboxylic acids is 2. The average Bonchev–Trinajstić information content (AvgIpc) is 2.92. The molecule has 1 N–H and O–H groups in total. The van der Waals surface area contributed by atoms with Gasteiger partial charge in [-0.2, -0.15) is 0 Å². The number of anilines is 1. The van der Waals surface area contributed by atoms with Crippen LogP contribution >= 0.6 is 11.6 Å². The number of nitrogens with zero attached hydrogens (tertiary/aromatic N) is 2. The molecular formula is C32H40ClN3O4S. The fraction of sp³-hybridized carbons (Fsp3) is 0.375. The van der Waals surface area contributed by atoms with Crippen molar-refractivity contribution in [2.45, 2.75) is 52.6 Å². The van der Waals surface area contributed by atoms with Crippen LogP contribution in [0.2, 0.25) is 5.02 Å². The molecule has 3 aromatic carbocycles. The van der Waals surface area contributed by atoms with Gasteiger partial charge in [-0.05, 0) is 54.2 Å².